The van der Waals surface area contributed by atoms with Gasteiger partial charge in [-0.15, -0.1) is 0 Å². The third kappa shape index (κ3) is 2.79. The molecule has 1 atom stereocenters. The zero-order valence-electron chi connectivity index (χ0n) is 8.79. The van der Waals surface area contributed by atoms with Crippen LogP contribution in [0, 0.1) is 12.7 Å². The summed E-state index contributed by atoms with van der Waals surface area (Å²) in [6, 6.07) is 4.48. The predicted molar refractivity (Wildman–Crippen MR) is 54.7 cm³/mol. The van der Waals surface area contributed by atoms with Crippen LogP contribution in [-0.4, -0.2) is 30.6 Å². The minimum absolute atomic E-state index is 0.302. The lowest BCUT2D eigenvalue weighted by atomic mass is 10.0. The fraction of sp³-hybridized carbons (Fsp3) is 0.455. The van der Waals surface area contributed by atoms with Crippen molar-refractivity contribution in [3.63, 3.8) is 0 Å². The van der Waals surface area contributed by atoms with Crippen molar-refractivity contribution in [1.29, 1.82) is 0 Å². The zero-order valence-corrected chi connectivity index (χ0v) is 8.79. The monoisotopic (exact) mass is 197 g/mol. The maximum absolute atomic E-state index is 12.9. The van der Waals surface area contributed by atoms with E-state index in [1.54, 1.807) is 6.07 Å². The van der Waals surface area contributed by atoms with Crippen molar-refractivity contribution in [2.24, 2.45) is 0 Å². The second-order valence-corrected chi connectivity index (χ2v) is 3.78. The van der Waals surface area contributed by atoms with Crippen LogP contribution >= 0.6 is 0 Å². The molecule has 0 spiro atoms. The molecular weight excluding hydrogens is 181 g/mol. The Morgan fingerprint density at radius 2 is 2.07 bits per heavy atom. The molecule has 0 aliphatic heterocycles. The topological polar surface area (TPSA) is 23.5 Å². The van der Waals surface area contributed by atoms with Crippen molar-refractivity contribution in [1.82, 2.24) is 4.90 Å². The molecule has 0 radical (unpaired) electrons. The van der Waals surface area contributed by atoms with Crippen molar-refractivity contribution in [2.75, 3.05) is 20.6 Å². The van der Waals surface area contributed by atoms with Crippen LogP contribution in [0.15, 0.2) is 18.2 Å². The van der Waals surface area contributed by atoms with Crippen molar-refractivity contribution in [2.45, 2.75) is 13.0 Å². The smallest absolute Gasteiger partial charge is 0.123 e. The van der Waals surface area contributed by atoms with E-state index >= 15 is 0 Å². The molecule has 1 rings (SSSR count). The molecule has 0 saturated carbocycles. The molecule has 0 fully saturated rings. The molecule has 1 aromatic rings. The normalized spacial score (nSPS) is 13.3. The molecule has 0 aromatic heterocycles. The Bertz CT molecular complexity index is 312. The zero-order chi connectivity index (χ0) is 10.7. The molecule has 0 aliphatic carbocycles. The van der Waals surface area contributed by atoms with Crippen LogP contribution in [0.25, 0.3) is 0 Å². The van der Waals surface area contributed by atoms with Gasteiger partial charge >= 0.3 is 0 Å². The summed E-state index contributed by atoms with van der Waals surface area (Å²) in [5, 5.41) is 9.79. The number of hydrogen-bond acceptors (Lipinski definition) is 2. The maximum atomic E-state index is 12.9. The Labute approximate surface area is 84.0 Å². The Balaban J connectivity index is 2.88. The minimum Gasteiger partial charge on any atom is -0.387 e. The molecule has 2 nitrogen and oxygen atoms in total. The molecule has 0 saturated heterocycles. The molecule has 0 amide bonds. The number of benzene rings is 1. The Kier molecular flexibility index (Phi) is 3.61. The predicted octanol–water partition coefficient (Wildman–Crippen LogP) is 1.73. The van der Waals surface area contributed by atoms with Crippen LogP contribution in [-0.2, 0) is 0 Å². The summed E-state index contributed by atoms with van der Waals surface area (Å²) in [5.41, 5.74) is 1.58. The van der Waals surface area contributed by atoms with Gasteiger partial charge in [-0.2, -0.15) is 0 Å². The first-order valence-corrected chi connectivity index (χ1v) is 4.59. The van der Waals surface area contributed by atoms with Crippen LogP contribution in [0.5, 0.6) is 0 Å². The Morgan fingerprint density at radius 3 is 2.64 bits per heavy atom. The van der Waals surface area contributed by atoms with Crippen LogP contribution in [0.2, 0.25) is 0 Å². The Hall–Kier alpha value is -0.930. The first-order chi connectivity index (χ1) is 6.50. The molecule has 0 aliphatic rings. The van der Waals surface area contributed by atoms with Gasteiger partial charge in [0.05, 0.1) is 6.10 Å². The number of halogens is 1. The largest absolute Gasteiger partial charge is 0.387 e. The van der Waals surface area contributed by atoms with E-state index in [1.807, 2.05) is 25.9 Å². The summed E-state index contributed by atoms with van der Waals surface area (Å²) >= 11 is 0. The van der Waals surface area contributed by atoms with Crippen molar-refractivity contribution >= 4 is 0 Å². The quantitative estimate of drug-likeness (QED) is 0.797. The van der Waals surface area contributed by atoms with Crippen LogP contribution in [0.3, 0.4) is 0 Å². The number of nitrogens with zero attached hydrogens (tertiary/aromatic N) is 1. The lowest BCUT2D eigenvalue weighted by Gasteiger charge is -2.17. The van der Waals surface area contributed by atoms with Gasteiger partial charge in [0.2, 0.25) is 0 Å². The lowest BCUT2D eigenvalue weighted by molar-refractivity contribution is 0.137. The van der Waals surface area contributed by atoms with Crippen LogP contribution in [0.1, 0.15) is 17.2 Å². The van der Waals surface area contributed by atoms with Gasteiger partial charge in [0.1, 0.15) is 5.82 Å². The number of hydrogen-bond donors (Lipinski definition) is 1. The van der Waals surface area contributed by atoms with E-state index in [0.29, 0.717) is 12.1 Å². The second-order valence-electron chi connectivity index (χ2n) is 3.78. The maximum Gasteiger partial charge on any atom is 0.123 e. The highest BCUT2D eigenvalue weighted by atomic mass is 19.1. The second kappa shape index (κ2) is 4.53. The molecule has 3 heteroatoms. The summed E-state index contributed by atoms with van der Waals surface area (Å²) in [6.07, 6.45) is -0.624. The molecule has 1 aromatic carbocycles. The van der Waals surface area contributed by atoms with Gasteiger partial charge in [0, 0.05) is 6.54 Å². The lowest BCUT2D eigenvalue weighted by Crippen LogP contribution is -2.20. The molecule has 0 heterocycles. The van der Waals surface area contributed by atoms with E-state index in [2.05, 4.69) is 0 Å². The summed E-state index contributed by atoms with van der Waals surface area (Å²) in [5.74, 6) is -0.302. The van der Waals surface area contributed by atoms with E-state index in [-0.39, 0.29) is 5.82 Å². The number of likely N-dealkylation sites (N-methyl/N-ethyl adjacent to an activating group) is 1. The van der Waals surface area contributed by atoms with Gasteiger partial charge in [-0.3, -0.25) is 0 Å². The minimum atomic E-state index is -0.624. The van der Waals surface area contributed by atoms with E-state index in [0.717, 1.165) is 5.56 Å². The summed E-state index contributed by atoms with van der Waals surface area (Å²) in [4.78, 5) is 1.87. The molecular formula is C11H16FNO. The fourth-order valence-corrected chi connectivity index (χ4v) is 1.41. The van der Waals surface area contributed by atoms with Crippen molar-refractivity contribution in [3.05, 3.63) is 35.1 Å². The molecule has 0 bridgehead atoms. The van der Waals surface area contributed by atoms with Gasteiger partial charge in [-0.05, 0) is 44.3 Å². The standard InChI is InChI=1S/C11H16FNO/c1-8-4-5-9(12)6-10(8)11(14)7-13(2)3/h4-6,11,14H,7H2,1-3H3. The van der Waals surface area contributed by atoms with Gasteiger partial charge in [-0.25, -0.2) is 4.39 Å². The van der Waals surface area contributed by atoms with Crippen molar-refractivity contribution in [3.8, 4) is 0 Å². The molecule has 14 heavy (non-hydrogen) atoms. The van der Waals surface area contributed by atoms with Crippen LogP contribution < -0.4 is 0 Å². The highest BCUT2D eigenvalue weighted by molar-refractivity contribution is 5.28. The van der Waals surface area contributed by atoms with Gasteiger partial charge in [-0.1, -0.05) is 6.07 Å². The number of aryl methyl sites for hydroxylation is 1. The Morgan fingerprint density at radius 1 is 1.43 bits per heavy atom. The summed E-state index contributed by atoms with van der Waals surface area (Å²) < 4.78 is 12.9. The van der Waals surface area contributed by atoms with Gasteiger partial charge in [0.15, 0.2) is 0 Å². The average molecular weight is 197 g/mol. The SMILES string of the molecule is Cc1ccc(F)cc1C(O)CN(C)C. The highest BCUT2D eigenvalue weighted by Crippen LogP contribution is 2.19. The average Bonchev–Trinajstić information content (AvgIpc) is 2.08. The number of aliphatic hydroxyl groups is 1. The molecule has 1 unspecified atom stereocenters. The molecule has 78 valence electrons. The third-order valence-corrected chi connectivity index (χ3v) is 2.14. The highest BCUT2D eigenvalue weighted by Gasteiger charge is 2.11. The first-order valence-electron chi connectivity index (χ1n) is 4.59. The summed E-state index contributed by atoms with van der Waals surface area (Å²) in [6.45, 7) is 2.37. The molecule has 1 N–H and O–H groups in total. The van der Waals surface area contributed by atoms with Gasteiger partial charge in [0.25, 0.3) is 0 Å². The van der Waals surface area contributed by atoms with E-state index in [4.69, 9.17) is 0 Å². The van der Waals surface area contributed by atoms with Gasteiger partial charge < -0.3 is 10.0 Å². The fourth-order valence-electron chi connectivity index (χ4n) is 1.41. The van der Waals surface area contributed by atoms with E-state index < -0.39 is 6.10 Å². The number of aliphatic hydroxyl groups excluding tert-OH is 1. The van der Waals surface area contributed by atoms with E-state index in [9.17, 15) is 9.50 Å². The van der Waals surface area contributed by atoms with Crippen LogP contribution in [0.4, 0.5) is 4.39 Å². The van der Waals surface area contributed by atoms with Crippen molar-refractivity contribution < 1.29 is 9.50 Å². The third-order valence-electron chi connectivity index (χ3n) is 2.14. The van der Waals surface area contributed by atoms with E-state index in [1.165, 1.54) is 12.1 Å². The number of rotatable bonds is 3. The first kappa shape index (κ1) is 11.1. The summed E-state index contributed by atoms with van der Waals surface area (Å²) in [7, 11) is 3.75.